The molecule has 0 fully saturated rings. The lowest BCUT2D eigenvalue weighted by atomic mass is 9.96. The van der Waals surface area contributed by atoms with Crippen molar-refractivity contribution in [2.45, 2.75) is 39.2 Å². The number of aryl methyl sites for hydroxylation is 3. The smallest absolute Gasteiger partial charge is 0.122 e. The van der Waals surface area contributed by atoms with Crippen LogP contribution in [0.1, 0.15) is 28.7 Å². The molecule has 0 saturated carbocycles. The molecule has 0 amide bonds. The van der Waals surface area contributed by atoms with Gasteiger partial charge in [-0.15, -0.1) is 0 Å². The van der Waals surface area contributed by atoms with Crippen LogP contribution < -0.4 is 10.5 Å². The van der Waals surface area contributed by atoms with Crippen LogP contribution in [0.25, 0.3) is 0 Å². The number of ether oxygens (including phenoxy) is 1. The average molecular weight is 283 g/mol. The van der Waals surface area contributed by atoms with Gasteiger partial charge in [0.25, 0.3) is 0 Å². The predicted molar refractivity (Wildman–Crippen MR) is 88.9 cm³/mol. The Balaban J connectivity index is 1.97. The maximum atomic E-state index is 6.32. The summed E-state index contributed by atoms with van der Waals surface area (Å²) in [5, 5.41) is 0. The van der Waals surface area contributed by atoms with Gasteiger partial charge in [0.05, 0.1) is 7.11 Å². The number of methoxy groups -OCH3 is 1. The molecular formula is C19H25NO. The zero-order valence-electron chi connectivity index (χ0n) is 13.2. The second-order valence-electron chi connectivity index (χ2n) is 5.74. The Labute approximate surface area is 127 Å². The first-order valence-electron chi connectivity index (χ1n) is 7.53. The number of hydrogen-bond donors (Lipinski definition) is 1. The molecule has 0 aliphatic heterocycles. The minimum atomic E-state index is 0.153. The third-order valence-corrected chi connectivity index (χ3v) is 3.96. The van der Waals surface area contributed by atoms with Crippen molar-refractivity contribution >= 4 is 0 Å². The van der Waals surface area contributed by atoms with Gasteiger partial charge in [-0.05, 0) is 55.9 Å². The molecule has 0 heterocycles. The third-order valence-electron chi connectivity index (χ3n) is 3.96. The van der Waals surface area contributed by atoms with Crippen LogP contribution in [-0.2, 0) is 12.8 Å². The minimum Gasteiger partial charge on any atom is -0.496 e. The van der Waals surface area contributed by atoms with Gasteiger partial charge in [0.1, 0.15) is 5.75 Å². The predicted octanol–water partition coefficient (Wildman–Crippen LogP) is 3.81. The first-order valence-corrected chi connectivity index (χ1v) is 7.53. The quantitative estimate of drug-likeness (QED) is 0.875. The van der Waals surface area contributed by atoms with Crippen molar-refractivity contribution in [1.29, 1.82) is 0 Å². The highest BCUT2D eigenvalue weighted by Gasteiger charge is 2.10. The standard InChI is InChI=1S/C19H25NO/c1-14-8-11-19(21-3)17(12-14)13-18(20)10-9-16-7-5-4-6-15(16)2/h4-8,11-12,18H,9-10,13,20H2,1-3H3. The maximum Gasteiger partial charge on any atom is 0.122 e. The largest absolute Gasteiger partial charge is 0.496 e. The topological polar surface area (TPSA) is 35.2 Å². The molecule has 0 saturated heterocycles. The zero-order valence-corrected chi connectivity index (χ0v) is 13.2. The molecule has 112 valence electrons. The summed E-state index contributed by atoms with van der Waals surface area (Å²) in [6.07, 6.45) is 2.88. The van der Waals surface area contributed by atoms with Gasteiger partial charge in [-0.2, -0.15) is 0 Å². The minimum absolute atomic E-state index is 0.153. The van der Waals surface area contributed by atoms with E-state index in [1.165, 1.54) is 22.3 Å². The van der Waals surface area contributed by atoms with Crippen molar-refractivity contribution in [1.82, 2.24) is 0 Å². The average Bonchev–Trinajstić information content (AvgIpc) is 2.47. The molecule has 2 aromatic rings. The number of hydrogen-bond acceptors (Lipinski definition) is 2. The van der Waals surface area contributed by atoms with Crippen LogP contribution in [0.5, 0.6) is 5.75 Å². The molecule has 0 bridgehead atoms. The fourth-order valence-electron chi connectivity index (χ4n) is 2.68. The van der Waals surface area contributed by atoms with Crippen LogP contribution in [0, 0.1) is 13.8 Å². The highest BCUT2D eigenvalue weighted by atomic mass is 16.5. The van der Waals surface area contributed by atoms with Crippen molar-refractivity contribution < 1.29 is 4.74 Å². The Morgan fingerprint density at radius 1 is 1.05 bits per heavy atom. The zero-order chi connectivity index (χ0) is 15.2. The summed E-state index contributed by atoms with van der Waals surface area (Å²) >= 11 is 0. The fourth-order valence-corrected chi connectivity index (χ4v) is 2.68. The van der Waals surface area contributed by atoms with E-state index < -0.39 is 0 Å². The summed E-state index contributed by atoms with van der Waals surface area (Å²) in [6, 6.07) is 14.9. The van der Waals surface area contributed by atoms with E-state index in [4.69, 9.17) is 10.5 Å². The van der Waals surface area contributed by atoms with Crippen molar-refractivity contribution in [3.63, 3.8) is 0 Å². The molecule has 0 aliphatic rings. The Kier molecular flexibility index (Phi) is 5.40. The fraction of sp³-hybridized carbons (Fsp3) is 0.368. The van der Waals surface area contributed by atoms with Gasteiger partial charge in [0, 0.05) is 6.04 Å². The molecule has 0 radical (unpaired) electrons. The van der Waals surface area contributed by atoms with Gasteiger partial charge < -0.3 is 10.5 Å². The normalized spacial score (nSPS) is 12.2. The molecule has 1 atom stereocenters. The summed E-state index contributed by atoms with van der Waals surface area (Å²) in [4.78, 5) is 0. The van der Waals surface area contributed by atoms with E-state index in [2.05, 4.69) is 50.2 Å². The molecule has 21 heavy (non-hydrogen) atoms. The molecule has 2 rings (SSSR count). The molecule has 0 spiro atoms. The van der Waals surface area contributed by atoms with Crippen LogP contribution in [0.2, 0.25) is 0 Å². The van der Waals surface area contributed by atoms with E-state index >= 15 is 0 Å². The molecule has 2 nitrogen and oxygen atoms in total. The first kappa shape index (κ1) is 15.6. The van der Waals surface area contributed by atoms with Crippen LogP contribution >= 0.6 is 0 Å². The molecule has 0 aromatic heterocycles. The van der Waals surface area contributed by atoms with Crippen LogP contribution in [0.15, 0.2) is 42.5 Å². The maximum absolute atomic E-state index is 6.32. The molecule has 2 N–H and O–H groups in total. The summed E-state index contributed by atoms with van der Waals surface area (Å²) in [5.41, 5.74) is 11.5. The van der Waals surface area contributed by atoms with Crippen molar-refractivity contribution in [2.24, 2.45) is 5.73 Å². The van der Waals surface area contributed by atoms with Crippen LogP contribution in [-0.4, -0.2) is 13.2 Å². The van der Waals surface area contributed by atoms with Gasteiger partial charge in [0.2, 0.25) is 0 Å². The van der Waals surface area contributed by atoms with E-state index in [1.807, 2.05) is 6.07 Å². The second kappa shape index (κ2) is 7.28. The van der Waals surface area contributed by atoms with Gasteiger partial charge in [-0.3, -0.25) is 0 Å². The first-order chi connectivity index (χ1) is 10.1. The highest BCUT2D eigenvalue weighted by Crippen LogP contribution is 2.22. The Morgan fingerprint density at radius 3 is 2.52 bits per heavy atom. The Morgan fingerprint density at radius 2 is 1.81 bits per heavy atom. The lowest BCUT2D eigenvalue weighted by molar-refractivity contribution is 0.407. The van der Waals surface area contributed by atoms with Gasteiger partial charge >= 0.3 is 0 Å². The van der Waals surface area contributed by atoms with Crippen LogP contribution in [0.4, 0.5) is 0 Å². The lowest BCUT2D eigenvalue weighted by Gasteiger charge is -2.15. The summed E-state index contributed by atoms with van der Waals surface area (Å²) in [5.74, 6) is 0.937. The second-order valence-corrected chi connectivity index (χ2v) is 5.74. The SMILES string of the molecule is COc1ccc(C)cc1CC(N)CCc1ccccc1C. The van der Waals surface area contributed by atoms with Gasteiger partial charge in [-0.25, -0.2) is 0 Å². The Bertz CT molecular complexity index is 592. The van der Waals surface area contributed by atoms with Gasteiger partial charge in [-0.1, -0.05) is 42.0 Å². The van der Waals surface area contributed by atoms with E-state index in [9.17, 15) is 0 Å². The molecular weight excluding hydrogens is 258 g/mol. The van der Waals surface area contributed by atoms with Crippen molar-refractivity contribution in [2.75, 3.05) is 7.11 Å². The highest BCUT2D eigenvalue weighted by molar-refractivity contribution is 5.37. The molecule has 1 unspecified atom stereocenters. The molecule has 0 aliphatic carbocycles. The molecule has 2 heteroatoms. The molecule has 2 aromatic carbocycles. The summed E-state index contributed by atoms with van der Waals surface area (Å²) in [7, 11) is 1.72. The lowest BCUT2D eigenvalue weighted by Crippen LogP contribution is -2.24. The third kappa shape index (κ3) is 4.33. The van der Waals surface area contributed by atoms with Crippen molar-refractivity contribution in [3.05, 3.63) is 64.7 Å². The van der Waals surface area contributed by atoms with E-state index in [1.54, 1.807) is 7.11 Å². The Hall–Kier alpha value is -1.80. The van der Waals surface area contributed by atoms with E-state index in [0.29, 0.717) is 0 Å². The number of benzene rings is 2. The summed E-state index contributed by atoms with van der Waals surface area (Å²) in [6.45, 7) is 4.26. The summed E-state index contributed by atoms with van der Waals surface area (Å²) < 4.78 is 5.43. The van der Waals surface area contributed by atoms with E-state index in [0.717, 1.165) is 25.0 Å². The van der Waals surface area contributed by atoms with Crippen LogP contribution in [0.3, 0.4) is 0 Å². The monoisotopic (exact) mass is 283 g/mol. The van der Waals surface area contributed by atoms with E-state index in [-0.39, 0.29) is 6.04 Å². The van der Waals surface area contributed by atoms with Gasteiger partial charge in [0.15, 0.2) is 0 Å². The number of nitrogens with two attached hydrogens (primary N) is 1. The number of rotatable bonds is 6. The van der Waals surface area contributed by atoms with Crippen molar-refractivity contribution in [3.8, 4) is 5.75 Å².